The maximum Gasteiger partial charge on any atom is 0.338 e. The van der Waals surface area contributed by atoms with Crippen molar-refractivity contribution in [2.45, 2.75) is 51.1 Å². The Morgan fingerprint density at radius 3 is 2.76 bits per heavy atom. The number of ether oxygens (including phenoxy) is 1. The summed E-state index contributed by atoms with van der Waals surface area (Å²) >= 11 is 0. The topological polar surface area (TPSA) is 101 Å². The van der Waals surface area contributed by atoms with Crippen molar-refractivity contribution < 1.29 is 9.53 Å². The summed E-state index contributed by atoms with van der Waals surface area (Å²) in [4.78, 5) is 21.3. The maximum atomic E-state index is 12.0. The normalized spacial score (nSPS) is 18.8. The Bertz CT molecular complexity index is 720. The molecule has 1 aromatic carbocycles. The van der Waals surface area contributed by atoms with Crippen LogP contribution in [0.15, 0.2) is 28.2 Å². The van der Waals surface area contributed by atoms with Gasteiger partial charge in [0.25, 0.3) is 0 Å². The van der Waals surface area contributed by atoms with E-state index in [0.29, 0.717) is 23.9 Å². The van der Waals surface area contributed by atoms with Gasteiger partial charge in [-0.05, 0) is 49.8 Å². The predicted molar refractivity (Wildman–Crippen MR) is 98.8 cm³/mol. The van der Waals surface area contributed by atoms with Crippen LogP contribution >= 0.6 is 0 Å². The SMILES string of the molecule is CCc1c(NC2=NC3(CCCCC3)N=C(N)N2)cccc1C(=O)OC. The molecule has 134 valence electrons. The van der Waals surface area contributed by atoms with Crippen LogP contribution in [0.1, 0.15) is 54.9 Å². The molecule has 1 fully saturated rings. The van der Waals surface area contributed by atoms with E-state index in [4.69, 9.17) is 15.5 Å². The summed E-state index contributed by atoms with van der Waals surface area (Å²) in [6.07, 6.45) is 5.92. The first kappa shape index (κ1) is 17.3. The van der Waals surface area contributed by atoms with Crippen LogP contribution in [0.2, 0.25) is 0 Å². The van der Waals surface area contributed by atoms with Crippen LogP contribution in [0.3, 0.4) is 0 Å². The molecule has 0 aromatic heterocycles. The van der Waals surface area contributed by atoms with E-state index in [-0.39, 0.29) is 5.97 Å². The Kier molecular flexibility index (Phi) is 4.92. The molecule has 1 spiro atoms. The number of nitrogens with two attached hydrogens (primary N) is 1. The smallest absolute Gasteiger partial charge is 0.338 e. The lowest BCUT2D eigenvalue weighted by atomic mass is 9.90. The summed E-state index contributed by atoms with van der Waals surface area (Å²) in [7, 11) is 1.39. The van der Waals surface area contributed by atoms with Gasteiger partial charge in [-0.3, -0.25) is 5.32 Å². The second-order valence-electron chi connectivity index (χ2n) is 6.43. The first-order valence-corrected chi connectivity index (χ1v) is 8.76. The van der Waals surface area contributed by atoms with Gasteiger partial charge >= 0.3 is 5.97 Å². The zero-order chi connectivity index (χ0) is 17.9. The van der Waals surface area contributed by atoms with Crippen molar-refractivity contribution in [1.29, 1.82) is 0 Å². The third-order valence-electron chi connectivity index (χ3n) is 4.74. The van der Waals surface area contributed by atoms with Crippen molar-refractivity contribution in [1.82, 2.24) is 5.32 Å². The number of carbonyl (C=O) groups is 1. The second kappa shape index (κ2) is 7.13. The van der Waals surface area contributed by atoms with E-state index in [1.165, 1.54) is 13.5 Å². The first-order valence-electron chi connectivity index (χ1n) is 8.76. The second-order valence-corrected chi connectivity index (χ2v) is 6.43. The average molecular weight is 343 g/mol. The zero-order valence-corrected chi connectivity index (χ0v) is 14.8. The van der Waals surface area contributed by atoms with E-state index in [1.54, 1.807) is 6.07 Å². The largest absolute Gasteiger partial charge is 0.465 e. The monoisotopic (exact) mass is 343 g/mol. The quantitative estimate of drug-likeness (QED) is 0.732. The highest BCUT2D eigenvalue weighted by Gasteiger charge is 2.34. The van der Waals surface area contributed by atoms with E-state index in [9.17, 15) is 4.79 Å². The fourth-order valence-electron chi connectivity index (χ4n) is 3.55. The molecule has 1 aliphatic heterocycles. The molecule has 2 aliphatic rings. The molecule has 1 saturated carbocycles. The molecule has 3 rings (SSSR count). The van der Waals surface area contributed by atoms with Crippen molar-refractivity contribution in [2.75, 3.05) is 12.4 Å². The van der Waals surface area contributed by atoms with Crippen molar-refractivity contribution in [2.24, 2.45) is 15.7 Å². The third kappa shape index (κ3) is 3.60. The molecule has 0 saturated heterocycles. The highest BCUT2D eigenvalue weighted by molar-refractivity contribution is 6.07. The number of aliphatic imine (C=N–C) groups is 2. The van der Waals surface area contributed by atoms with Gasteiger partial charge in [-0.2, -0.15) is 0 Å². The molecule has 0 bridgehead atoms. The minimum absolute atomic E-state index is 0.344. The van der Waals surface area contributed by atoms with Crippen LogP contribution in [0.4, 0.5) is 5.69 Å². The van der Waals surface area contributed by atoms with E-state index in [1.807, 2.05) is 19.1 Å². The van der Waals surface area contributed by atoms with Crippen molar-refractivity contribution in [3.05, 3.63) is 29.3 Å². The number of carbonyl (C=O) groups excluding carboxylic acids is 1. The molecule has 0 unspecified atom stereocenters. The number of esters is 1. The summed E-state index contributed by atoms with van der Waals surface area (Å²) in [6, 6.07) is 5.51. The van der Waals surface area contributed by atoms with Gasteiger partial charge in [0.2, 0.25) is 5.96 Å². The number of nitrogens with zero attached hydrogens (tertiary/aromatic N) is 2. The predicted octanol–water partition coefficient (Wildman–Crippen LogP) is 2.38. The lowest BCUT2D eigenvalue weighted by Crippen LogP contribution is -2.49. The van der Waals surface area contributed by atoms with Gasteiger partial charge in [0.05, 0.1) is 12.7 Å². The van der Waals surface area contributed by atoms with Crippen LogP contribution in [-0.2, 0) is 11.2 Å². The minimum Gasteiger partial charge on any atom is -0.465 e. The standard InChI is InChI=1S/C18H25N5O2/c1-3-12-13(15(24)25-2)8-7-9-14(12)20-17-21-16(19)22-18(23-17)10-5-4-6-11-18/h7-9H,3-6,10-11H2,1-2H3,(H4,19,20,21,22,23). The molecule has 7 nitrogen and oxygen atoms in total. The van der Waals surface area contributed by atoms with Crippen LogP contribution in [-0.4, -0.2) is 30.7 Å². The van der Waals surface area contributed by atoms with Crippen LogP contribution in [0.5, 0.6) is 0 Å². The van der Waals surface area contributed by atoms with Crippen LogP contribution in [0.25, 0.3) is 0 Å². The molecular formula is C18H25N5O2. The van der Waals surface area contributed by atoms with E-state index in [0.717, 1.165) is 36.9 Å². The fraction of sp³-hybridized carbons (Fsp3) is 0.500. The van der Waals surface area contributed by atoms with Gasteiger partial charge in [0.15, 0.2) is 11.6 Å². The molecule has 7 heteroatoms. The number of hydrogen-bond donors (Lipinski definition) is 3. The number of guanidine groups is 2. The fourth-order valence-corrected chi connectivity index (χ4v) is 3.55. The molecule has 1 heterocycles. The van der Waals surface area contributed by atoms with Crippen molar-refractivity contribution in [3.8, 4) is 0 Å². The molecule has 0 amide bonds. The summed E-state index contributed by atoms with van der Waals surface area (Å²) in [5.41, 5.74) is 7.80. The van der Waals surface area contributed by atoms with Gasteiger partial charge in [0, 0.05) is 5.69 Å². The number of anilines is 1. The van der Waals surface area contributed by atoms with Gasteiger partial charge in [0.1, 0.15) is 0 Å². The first-order chi connectivity index (χ1) is 12.1. The number of methoxy groups -OCH3 is 1. The van der Waals surface area contributed by atoms with Gasteiger partial charge in [-0.1, -0.05) is 19.4 Å². The maximum absolute atomic E-state index is 12.0. The lowest BCUT2D eigenvalue weighted by Gasteiger charge is -2.34. The Balaban J connectivity index is 1.90. The number of rotatable bonds is 3. The van der Waals surface area contributed by atoms with Gasteiger partial charge in [-0.15, -0.1) is 0 Å². The average Bonchev–Trinajstić information content (AvgIpc) is 2.60. The van der Waals surface area contributed by atoms with Crippen LogP contribution in [0, 0.1) is 0 Å². The zero-order valence-electron chi connectivity index (χ0n) is 14.8. The van der Waals surface area contributed by atoms with Crippen LogP contribution < -0.4 is 16.4 Å². The molecule has 1 aliphatic carbocycles. The molecule has 0 atom stereocenters. The molecule has 1 aromatic rings. The van der Waals surface area contributed by atoms with E-state index >= 15 is 0 Å². The van der Waals surface area contributed by atoms with Gasteiger partial charge in [-0.25, -0.2) is 14.8 Å². The molecule has 25 heavy (non-hydrogen) atoms. The summed E-state index contributed by atoms with van der Waals surface area (Å²) < 4.78 is 4.88. The molecule has 4 N–H and O–H groups in total. The summed E-state index contributed by atoms with van der Waals surface area (Å²) in [6.45, 7) is 2.00. The van der Waals surface area contributed by atoms with Crippen molar-refractivity contribution >= 4 is 23.6 Å². The Morgan fingerprint density at radius 2 is 2.08 bits per heavy atom. The Morgan fingerprint density at radius 1 is 1.32 bits per heavy atom. The Hall–Kier alpha value is -2.57. The van der Waals surface area contributed by atoms with E-state index in [2.05, 4.69) is 15.6 Å². The van der Waals surface area contributed by atoms with Gasteiger partial charge < -0.3 is 15.8 Å². The minimum atomic E-state index is -0.456. The van der Waals surface area contributed by atoms with E-state index < -0.39 is 5.66 Å². The highest BCUT2D eigenvalue weighted by Crippen LogP contribution is 2.34. The summed E-state index contributed by atoms with van der Waals surface area (Å²) in [5, 5.41) is 6.29. The highest BCUT2D eigenvalue weighted by atomic mass is 16.5. The third-order valence-corrected chi connectivity index (χ3v) is 4.74. The number of nitrogens with one attached hydrogen (secondary N) is 2. The summed E-state index contributed by atoms with van der Waals surface area (Å²) in [5.74, 6) is 0.608. The number of benzene rings is 1. The Labute approximate surface area is 147 Å². The lowest BCUT2D eigenvalue weighted by molar-refractivity contribution is 0.0599. The number of hydrogen-bond acceptors (Lipinski definition) is 7. The molecule has 0 radical (unpaired) electrons. The molecular weight excluding hydrogens is 318 g/mol. The van der Waals surface area contributed by atoms with Crippen molar-refractivity contribution in [3.63, 3.8) is 0 Å².